The first kappa shape index (κ1) is 9.08. The van der Waals surface area contributed by atoms with Crippen LogP contribution < -0.4 is 11.5 Å². The molecule has 5 nitrogen and oxygen atoms in total. The molecule has 1 aromatic heterocycles. The number of hydrogen-bond donors (Lipinski definition) is 2. The smallest absolute Gasteiger partial charge is 0.220 e. The van der Waals surface area contributed by atoms with Gasteiger partial charge in [0.15, 0.2) is 5.78 Å². The van der Waals surface area contributed by atoms with Crippen molar-refractivity contribution in [2.24, 2.45) is 5.73 Å². The highest BCUT2D eigenvalue weighted by Crippen LogP contribution is 2.22. The first-order valence-corrected chi connectivity index (χ1v) is 4.61. The van der Waals surface area contributed by atoms with Gasteiger partial charge in [-0.2, -0.15) is 0 Å². The van der Waals surface area contributed by atoms with Crippen LogP contribution in [-0.4, -0.2) is 15.8 Å². The number of hydrogen-bond acceptors (Lipinski definition) is 5. The van der Waals surface area contributed by atoms with Gasteiger partial charge in [0, 0.05) is 13.0 Å². The van der Waals surface area contributed by atoms with Gasteiger partial charge in [-0.05, 0) is 12.8 Å². The van der Waals surface area contributed by atoms with E-state index in [-0.39, 0.29) is 18.3 Å². The van der Waals surface area contributed by atoms with Crippen molar-refractivity contribution in [3.8, 4) is 0 Å². The van der Waals surface area contributed by atoms with E-state index in [9.17, 15) is 4.79 Å². The van der Waals surface area contributed by atoms with Crippen molar-refractivity contribution in [3.05, 3.63) is 17.0 Å². The summed E-state index contributed by atoms with van der Waals surface area (Å²) in [6.07, 6.45) is 2.19. The van der Waals surface area contributed by atoms with E-state index in [4.69, 9.17) is 11.5 Å². The quantitative estimate of drug-likeness (QED) is 0.654. The molecule has 0 fully saturated rings. The first-order chi connectivity index (χ1) is 6.72. The zero-order valence-corrected chi connectivity index (χ0v) is 7.79. The molecule has 0 saturated carbocycles. The van der Waals surface area contributed by atoms with Crippen molar-refractivity contribution in [3.63, 3.8) is 0 Å². The Morgan fingerprint density at radius 2 is 2.07 bits per heavy atom. The second-order valence-electron chi connectivity index (χ2n) is 3.33. The lowest BCUT2D eigenvalue weighted by Crippen LogP contribution is -2.20. The van der Waals surface area contributed by atoms with E-state index in [2.05, 4.69) is 9.97 Å². The number of nitrogen functional groups attached to an aromatic ring is 1. The van der Waals surface area contributed by atoms with Crippen molar-refractivity contribution >= 4 is 11.7 Å². The fourth-order valence-electron chi connectivity index (χ4n) is 1.77. The van der Waals surface area contributed by atoms with Crippen molar-refractivity contribution in [2.45, 2.75) is 25.8 Å². The second-order valence-corrected chi connectivity index (χ2v) is 3.33. The Kier molecular flexibility index (Phi) is 2.17. The Morgan fingerprint density at radius 3 is 2.79 bits per heavy atom. The summed E-state index contributed by atoms with van der Waals surface area (Å²) in [5.41, 5.74) is 13.0. The fraction of sp³-hybridized carbons (Fsp3) is 0.444. The molecule has 0 saturated heterocycles. The van der Waals surface area contributed by atoms with Crippen LogP contribution in [0.2, 0.25) is 0 Å². The Hall–Kier alpha value is -1.49. The van der Waals surface area contributed by atoms with Gasteiger partial charge in [-0.25, -0.2) is 9.97 Å². The summed E-state index contributed by atoms with van der Waals surface area (Å²) >= 11 is 0. The minimum Gasteiger partial charge on any atom is -0.368 e. The van der Waals surface area contributed by atoms with E-state index in [1.165, 1.54) is 0 Å². The monoisotopic (exact) mass is 192 g/mol. The van der Waals surface area contributed by atoms with Gasteiger partial charge in [0.2, 0.25) is 5.95 Å². The van der Waals surface area contributed by atoms with E-state index in [0.717, 1.165) is 18.5 Å². The van der Waals surface area contributed by atoms with E-state index in [0.29, 0.717) is 17.7 Å². The third-order valence-corrected chi connectivity index (χ3v) is 2.37. The van der Waals surface area contributed by atoms with Crippen molar-refractivity contribution in [1.82, 2.24) is 9.97 Å². The number of aryl methyl sites for hydroxylation is 1. The first-order valence-electron chi connectivity index (χ1n) is 4.61. The number of carbonyl (C=O) groups excluding carboxylic acids is 1. The Balaban J connectivity index is 2.61. The Labute approximate surface area is 81.5 Å². The predicted molar refractivity (Wildman–Crippen MR) is 51.6 cm³/mol. The van der Waals surface area contributed by atoms with Crippen LogP contribution in [0, 0.1) is 0 Å². The van der Waals surface area contributed by atoms with Gasteiger partial charge in [0.25, 0.3) is 0 Å². The lowest BCUT2D eigenvalue weighted by molar-refractivity contribution is 0.0970. The van der Waals surface area contributed by atoms with Crippen LogP contribution in [-0.2, 0) is 13.0 Å². The van der Waals surface area contributed by atoms with Gasteiger partial charge in [-0.1, -0.05) is 0 Å². The summed E-state index contributed by atoms with van der Waals surface area (Å²) < 4.78 is 0. The second kappa shape index (κ2) is 3.34. The molecule has 2 rings (SSSR count). The van der Waals surface area contributed by atoms with Gasteiger partial charge < -0.3 is 11.5 Å². The van der Waals surface area contributed by atoms with E-state index in [1.807, 2.05) is 0 Å². The summed E-state index contributed by atoms with van der Waals surface area (Å²) in [4.78, 5) is 19.6. The lowest BCUT2D eigenvalue weighted by Gasteiger charge is -2.16. The van der Waals surface area contributed by atoms with Crippen LogP contribution in [0.25, 0.3) is 0 Å². The molecule has 0 aliphatic heterocycles. The van der Waals surface area contributed by atoms with Crippen molar-refractivity contribution in [2.75, 3.05) is 5.73 Å². The van der Waals surface area contributed by atoms with Crippen LogP contribution in [0.4, 0.5) is 5.95 Å². The average Bonchev–Trinajstić information content (AvgIpc) is 2.16. The van der Waals surface area contributed by atoms with Crippen molar-refractivity contribution in [1.29, 1.82) is 0 Å². The normalized spacial score (nSPS) is 15.4. The minimum atomic E-state index is 0.0895. The molecule has 1 heterocycles. The molecule has 0 atom stereocenters. The standard InChI is InChI=1S/C9H12N4O/c10-4-6-8-5(12-9(11)13-6)2-1-3-7(8)14/h1-4,10H2,(H2,11,12,13). The average molecular weight is 192 g/mol. The summed E-state index contributed by atoms with van der Waals surface area (Å²) in [7, 11) is 0. The number of aromatic nitrogens is 2. The molecule has 14 heavy (non-hydrogen) atoms. The number of anilines is 1. The van der Waals surface area contributed by atoms with Crippen LogP contribution in [0.5, 0.6) is 0 Å². The predicted octanol–water partition coefficient (Wildman–Crippen LogP) is 0.0365. The van der Waals surface area contributed by atoms with Crippen LogP contribution in [0.1, 0.15) is 34.6 Å². The number of Topliss-reactive ketones (excluding diaryl/α,β-unsaturated/α-hetero) is 1. The molecular formula is C9H12N4O. The van der Waals surface area contributed by atoms with E-state index >= 15 is 0 Å². The van der Waals surface area contributed by atoms with Crippen LogP contribution >= 0.6 is 0 Å². The van der Waals surface area contributed by atoms with Gasteiger partial charge in [0.1, 0.15) is 0 Å². The summed E-state index contributed by atoms with van der Waals surface area (Å²) in [5, 5.41) is 0. The third-order valence-electron chi connectivity index (χ3n) is 2.37. The molecule has 0 amide bonds. The van der Waals surface area contributed by atoms with Gasteiger partial charge >= 0.3 is 0 Å². The number of carbonyl (C=O) groups is 1. The number of fused-ring (bicyclic) bond motifs is 1. The third kappa shape index (κ3) is 1.35. The molecule has 1 aromatic rings. The number of nitrogens with two attached hydrogens (primary N) is 2. The molecule has 0 aromatic carbocycles. The molecule has 0 spiro atoms. The summed E-state index contributed by atoms with van der Waals surface area (Å²) in [5.74, 6) is 0.297. The van der Waals surface area contributed by atoms with Crippen molar-refractivity contribution < 1.29 is 4.79 Å². The van der Waals surface area contributed by atoms with Gasteiger partial charge in [0.05, 0.1) is 17.0 Å². The largest absolute Gasteiger partial charge is 0.368 e. The van der Waals surface area contributed by atoms with Gasteiger partial charge in [-0.3, -0.25) is 4.79 Å². The minimum absolute atomic E-state index is 0.0895. The molecule has 5 heteroatoms. The summed E-state index contributed by atoms with van der Waals surface area (Å²) in [6.45, 7) is 0.237. The SMILES string of the molecule is NCc1nc(N)nc2c1C(=O)CCC2. The molecule has 1 aliphatic carbocycles. The molecular weight excluding hydrogens is 180 g/mol. The molecule has 0 radical (unpaired) electrons. The maximum Gasteiger partial charge on any atom is 0.220 e. The zero-order valence-electron chi connectivity index (χ0n) is 7.79. The highest BCUT2D eigenvalue weighted by atomic mass is 16.1. The molecule has 0 unspecified atom stereocenters. The number of nitrogens with zero attached hydrogens (tertiary/aromatic N) is 2. The van der Waals surface area contributed by atoms with Crippen LogP contribution in [0.3, 0.4) is 0 Å². The molecule has 1 aliphatic rings. The Bertz CT molecular complexity index is 371. The zero-order chi connectivity index (χ0) is 10.1. The number of ketones is 1. The lowest BCUT2D eigenvalue weighted by atomic mass is 9.93. The maximum atomic E-state index is 11.6. The molecule has 0 bridgehead atoms. The fourth-order valence-corrected chi connectivity index (χ4v) is 1.77. The molecule has 74 valence electrons. The molecule has 4 N–H and O–H groups in total. The number of rotatable bonds is 1. The topological polar surface area (TPSA) is 94.9 Å². The van der Waals surface area contributed by atoms with Crippen LogP contribution in [0.15, 0.2) is 0 Å². The maximum absolute atomic E-state index is 11.6. The Morgan fingerprint density at radius 1 is 1.29 bits per heavy atom. The van der Waals surface area contributed by atoms with Gasteiger partial charge in [-0.15, -0.1) is 0 Å². The summed E-state index contributed by atoms with van der Waals surface area (Å²) in [6, 6.07) is 0. The van der Waals surface area contributed by atoms with E-state index in [1.54, 1.807) is 0 Å². The highest BCUT2D eigenvalue weighted by Gasteiger charge is 2.22. The highest BCUT2D eigenvalue weighted by molar-refractivity contribution is 5.99. The van der Waals surface area contributed by atoms with E-state index < -0.39 is 0 Å².